The van der Waals surface area contributed by atoms with Gasteiger partial charge in [-0.2, -0.15) is 0 Å². The van der Waals surface area contributed by atoms with E-state index in [1.54, 1.807) is 6.07 Å². The highest BCUT2D eigenvalue weighted by Crippen LogP contribution is 2.41. The quantitative estimate of drug-likeness (QED) is 0.384. The molecule has 0 amide bonds. The van der Waals surface area contributed by atoms with Crippen LogP contribution in [0, 0.1) is 11.6 Å². The van der Waals surface area contributed by atoms with Crippen LogP contribution in [0.25, 0.3) is 0 Å². The summed E-state index contributed by atoms with van der Waals surface area (Å²) in [6, 6.07) is 4.03. The van der Waals surface area contributed by atoms with Crippen molar-refractivity contribution in [2.45, 2.75) is 83.3 Å². The molecule has 0 saturated carbocycles. The molecule has 1 unspecified atom stereocenters. The molecule has 1 fully saturated rings. The molecule has 9 heteroatoms. The normalized spacial score (nSPS) is 18.9. The Morgan fingerprint density at radius 3 is 2.61 bits per heavy atom. The number of benzene rings is 1. The third kappa shape index (κ3) is 6.00. The van der Waals surface area contributed by atoms with Crippen molar-refractivity contribution in [2.75, 3.05) is 6.61 Å². The maximum absolute atomic E-state index is 14.0. The lowest BCUT2D eigenvalue weighted by molar-refractivity contribution is -0.0417. The molecule has 1 saturated heterocycles. The second-order valence-corrected chi connectivity index (χ2v) is 15.1. The van der Waals surface area contributed by atoms with Gasteiger partial charge in [-0.15, -0.1) is 5.10 Å². The number of halogens is 3. The fourth-order valence-electron chi connectivity index (χ4n) is 3.44. The van der Waals surface area contributed by atoms with Gasteiger partial charge in [-0.05, 0) is 77.4 Å². The molecule has 0 aliphatic carbocycles. The van der Waals surface area contributed by atoms with Gasteiger partial charge in [0.05, 0.1) is 6.10 Å². The smallest absolute Gasteiger partial charge is 0.217 e. The van der Waals surface area contributed by atoms with Crippen molar-refractivity contribution < 1.29 is 17.9 Å². The van der Waals surface area contributed by atoms with Crippen molar-refractivity contribution in [1.29, 1.82) is 0 Å². The second-order valence-electron chi connectivity index (χ2n) is 9.64. The minimum atomic E-state index is -2.15. The van der Waals surface area contributed by atoms with Crippen LogP contribution < -0.4 is 0 Å². The average molecular weight is 517 g/mol. The number of ether oxygens (including phenoxy) is 1. The Kier molecular flexibility index (Phi) is 7.71. The zero-order chi connectivity index (χ0) is 22.8. The van der Waals surface area contributed by atoms with E-state index in [0.29, 0.717) is 29.7 Å². The Hall–Kier alpha value is -1.16. The third-order valence-corrected chi connectivity index (χ3v) is 11.1. The van der Waals surface area contributed by atoms with Crippen molar-refractivity contribution in [3.8, 4) is 0 Å². The highest BCUT2D eigenvalue weighted by molar-refractivity contribution is 9.10. The Bertz CT molecular complexity index is 895. The molecule has 1 aliphatic rings. The predicted molar refractivity (Wildman–Crippen MR) is 122 cm³/mol. The van der Waals surface area contributed by atoms with E-state index in [9.17, 15) is 8.78 Å². The third-order valence-electron chi connectivity index (χ3n) is 6.29. The van der Waals surface area contributed by atoms with Crippen LogP contribution in [0.3, 0.4) is 0 Å². The first-order valence-electron chi connectivity index (χ1n) is 10.8. The van der Waals surface area contributed by atoms with E-state index in [1.807, 2.05) is 4.68 Å². The SMILES string of the molecule is CC(C)(C)[Si](C)(C)O[C@H](CCc1nc(Br)nn1C1CCCCO1)c1ccc(F)c(F)c1. The lowest BCUT2D eigenvalue weighted by Gasteiger charge is -2.39. The van der Waals surface area contributed by atoms with Gasteiger partial charge in [-0.25, -0.2) is 18.4 Å². The molecule has 1 aromatic carbocycles. The first-order valence-corrected chi connectivity index (χ1v) is 14.5. The Labute approximate surface area is 192 Å². The van der Waals surface area contributed by atoms with Gasteiger partial charge >= 0.3 is 0 Å². The van der Waals surface area contributed by atoms with Gasteiger partial charge in [0.1, 0.15) is 5.82 Å². The number of hydrogen-bond acceptors (Lipinski definition) is 4. The fourth-order valence-corrected chi connectivity index (χ4v) is 5.14. The van der Waals surface area contributed by atoms with Crippen LogP contribution in [0.15, 0.2) is 22.9 Å². The van der Waals surface area contributed by atoms with Gasteiger partial charge < -0.3 is 9.16 Å². The van der Waals surface area contributed by atoms with Gasteiger partial charge in [0.2, 0.25) is 4.73 Å². The Morgan fingerprint density at radius 2 is 2.00 bits per heavy atom. The molecular formula is C22H32BrF2N3O2Si. The molecule has 0 radical (unpaired) electrons. The summed E-state index contributed by atoms with van der Waals surface area (Å²) >= 11 is 3.38. The predicted octanol–water partition coefficient (Wildman–Crippen LogP) is 6.71. The first kappa shape index (κ1) is 24.5. The number of nitrogens with zero attached hydrogens (tertiary/aromatic N) is 3. The number of rotatable bonds is 7. The van der Waals surface area contributed by atoms with Crippen LogP contribution in [-0.4, -0.2) is 29.7 Å². The molecule has 3 rings (SSSR count). The monoisotopic (exact) mass is 515 g/mol. The number of aromatic nitrogens is 3. The standard InChI is InChI=1S/C22H32BrF2N3O2Si/c1-22(2,3)31(4,5)30-18(15-9-10-16(24)17(25)14-15)11-12-19-26-21(23)27-28(19)20-8-6-7-13-29-20/h9-10,14,18,20H,6-8,11-13H2,1-5H3/t18-,20?/m1/s1. The van der Waals surface area contributed by atoms with E-state index in [2.05, 4.69) is 59.9 Å². The second kappa shape index (κ2) is 9.76. The van der Waals surface area contributed by atoms with Crippen molar-refractivity contribution >= 4 is 24.2 Å². The van der Waals surface area contributed by atoms with Gasteiger partial charge in [0, 0.05) is 13.0 Å². The molecule has 2 aromatic rings. The molecular weight excluding hydrogens is 484 g/mol. The maximum Gasteiger partial charge on any atom is 0.217 e. The van der Waals surface area contributed by atoms with Crippen molar-refractivity contribution in [2.24, 2.45) is 0 Å². The van der Waals surface area contributed by atoms with Crippen LogP contribution in [-0.2, 0) is 15.6 Å². The molecule has 1 aliphatic heterocycles. The van der Waals surface area contributed by atoms with Gasteiger partial charge in [-0.1, -0.05) is 26.8 Å². The molecule has 1 aromatic heterocycles. The van der Waals surface area contributed by atoms with Crippen molar-refractivity contribution in [3.05, 3.63) is 46.0 Å². The van der Waals surface area contributed by atoms with Gasteiger partial charge in [0.15, 0.2) is 26.2 Å². The van der Waals surface area contributed by atoms with Crippen LogP contribution in [0.2, 0.25) is 18.1 Å². The summed E-state index contributed by atoms with van der Waals surface area (Å²) < 4.78 is 42.5. The van der Waals surface area contributed by atoms with E-state index in [1.165, 1.54) is 12.1 Å². The topological polar surface area (TPSA) is 49.2 Å². The van der Waals surface area contributed by atoms with Crippen LogP contribution in [0.4, 0.5) is 8.78 Å². The molecule has 2 atom stereocenters. The zero-order valence-corrected chi connectivity index (χ0v) is 21.5. The van der Waals surface area contributed by atoms with E-state index in [-0.39, 0.29) is 17.4 Å². The number of aryl methyl sites for hydroxylation is 1. The number of hydrogen-bond donors (Lipinski definition) is 0. The molecule has 0 N–H and O–H groups in total. The van der Waals surface area contributed by atoms with E-state index < -0.39 is 20.0 Å². The molecule has 31 heavy (non-hydrogen) atoms. The summed E-state index contributed by atoms with van der Waals surface area (Å²) in [6.45, 7) is 11.5. The van der Waals surface area contributed by atoms with E-state index >= 15 is 0 Å². The largest absolute Gasteiger partial charge is 0.410 e. The summed E-state index contributed by atoms with van der Waals surface area (Å²) in [6.07, 6.45) is 3.72. The lowest BCUT2D eigenvalue weighted by Crippen LogP contribution is -2.42. The summed E-state index contributed by atoms with van der Waals surface area (Å²) in [5, 5.41) is 4.47. The maximum atomic E-state index is 14.0. The molecule has 172 valence electrons. The van der Waals surface area contributed by atoms with Gasteiger partial charge in [-0.3, -0.25) is 0 Å². The Morgan fingerprint density at radius 1 is 1.26 bits per heavy atom. The van der Waals surface area contributed by atoms with Crippen LogP contribution in [0.5, 0.6) is 0 Å². The molecule has 0 bridgehead atoms. The fraction of sp³-hybridized carbons (Fsp3) is 0.636. The summed E-state index contributed by atoms with van der Waals surface area (Å²) in [7, 11) is -2.15. The Balaban J connectivity index is 1.84. The highest BCUT2D eigenvalue weighted by atomic mass is 79.9. The molecule has 2 heterocycles. The van der Waals surface area contributed by atoms with Crippen molar-refractivity contribution in [3.63, 3.8) is 0 Å². The lowest BCUT2D eigenvalue weighted by atomic mass is 10.0. The van der Waals surface area contributed by atoms with Crippen LogP contribution >= 0.6 is 15.9 Å². The minimum absolute atomic E-state index is 0.0111. The summed E-state index contributed by atoms with van der Waals surface area (Å²) in [4.78, 5) is 4.54. The van der Waals surface area contributed by atoms with Crippen LogP contribution in [0.1, 0.15) is 70.2 Å². The molecule has 0 spiro atoms. The summed E-state index contributed by atoms with van der Waals surface area (Å²) in [5.74, 6) is -0.916. The van der Waals surface area contributed by atoms with Gasteiger partial charge in [0.25, 0.3) is 0 Å². The van der Waals surface area contributed by atoms with E-state index in [0.717, 1.165) is 25.1 Å². The zero-order valence-electron chi connectivity index (χ0n) is 18.9. The first-order chi connectivity index (χ1) is 14.5. The average Bonchev–Trinajstić information content (AvgIpc) is 3.07. The summed E-state index contributed by atoms with van der Waals surface area (Å²) in [5.41, 5.74) is 0.641. The van der Waals surface area contributed by atoms with Crippen molar-refractivity contribution in [1.82, 2.24) is 14.8 Å². The minimum Gasteiger partial charge on any atom is -0.410 e. The highest BCUT2D eigenvalue weighted by Gasteiger charge is 2.39. The molecule has 5 nitrogen and oxygen atoms in total. The van der Waals surface area contributed by atoms with E-state index in [4.69, 9.17) is 9.16 Å².